The number of nitrogens with two attached hydrogens (primary N) is 1. The van der Waals surface area contributed by atoms with Crippen LogP contribution in [-0.4, -0.2) is 19.7 Å². The fourth-order valence-electron chi connectivity index (χ4n) is 1.83. The first-order valence-corrected chi connectivity index (χ1v) is 6.32. The van der Waals surface area contributed by atoms with Crippen LogP contribution in [0.15, 0.2) is 12.1 Å². The molecule has 1 aliphatic carbocycles. The van der Waals surface area contributed by atoms with Gasteiger partial charge in [0.05, 0.1) is 7.11 Å². The second kappa shape index (κ2) is 5.25. The summed E-state index contributed by atoms with van der Waals surface area (Å²) in [6.07, 6.45) is 2.52. The maximum absolute atomic E-state index is 6.17. The van der Waals surface area contributed by atoms with Crippen molar-refractivity contribution in [2.45, 2.75) is 31.8 Å². The van der Waals surface area contributed by atoms with Crippen molar-refractivity contribution in [3.63, 3.8) is 0 Å². The zero-order valence-electron chi connectivity index (χ0n) is 10.3. The molecular weight excluding hydrogens is 236 g/mol. The number of benzene rings is 1. The lowest BCUT2D eigenvalue weighted by atomic mass is 10.0. The lowest BCUT2D eigenvalue weighted by molar-refractivity contribution is 0.404. The molecule has 0 spiro atoms. The number of nitrogens with one attached hydrogen (secondary N) is 1. The maximum Gasteiger partial charge on any atom is 0.124 e. The minimum atomic E-state index is -0.0800. The van der Waals surface area contributed by atoms with Gasteiger partial charge >= 0.3 is 0 Å². The van der Waals surface area contributed by atoms with Crippen molar-refractivity contribution in [2.24, 2.45) is 5.73 Å². The second-order valence-corrected chi connectivity index (χ2v) is 5.04. The molecule has 94 valence electrons. The quantitative estimate of drug-likeness (QED) is 0.848. The van der Waals surface area contributed by atoms with Gasteiger partial charge in [0.25, 0.3) is 0 Å². The van der Waals surface area contributed by atoms with Crippen molar-refractivity contribution in [1.29, 1.82) is 0 Å². The van der Waals surface area contributed by atoms with Crippen molar-refractivity contribution in [1.82, 2.24) is 5.32 Å². The molecule has 3 nitrogen and oxygen atoms in total. The van der Waals surface area contributed by atoms with Crippen LogP contribution in [0.3, 0.4) is 0 Å². The van der Waals surface area contributed by atoms with Crippen LogP contribution in [0.2, 0.25) is 5.02 Å². The van der Waals surface area contributed by atoms with Crippen molar-refractivity contribution in [2.75, 3.05) is 13.7 Å². The van der Waals surface area contributed by atoms with E-state index in [1.807, 2.05) is 19.1 Å². The Hall–Kier alpha value is -0.770. The van der Waals surface area contributed by atoms with E-state index in [4.69, 9.17) is 22.1 Å². The van der Waals surface area contributed by atoms with Gasteiger partial charge in [-0.25, -0.2) is 0 Å². The van der Waals surface area contributed by atoms with Crippen molar-refractivity contribution in [3.8, 4) is 5.75 Å². The molecule has 1 atom stereocenters. The van der Waals surface area contributed by atoms with Gasteiger partial charge in [-0.05, 0) is 37.5 Å². The van der Waals surface area contributed by atoms with Gasteiger partial charge in [-0.3, -0.25) is 0 Å². The topological polar surface area (TPSA) is 47.3 Å². The monoisotopic (exact) mass is 254 g/mol. The van der Waals surface area contributed by atoms with Crippen LogP contribution in [0.5, 0.6) is 5.75 Å². The molecule has 0 amide bonds. The number of rotatable bonds is 5. The molecule has 1 saturated carbocycles. The van der Waals surface area contributed by atoms with Crippen molar-refractivity contribution in [3.05, 3.63) is 28.3 Å². The average molecular weight is 255 g/mol. The second-order valence-electron chi connectivity index (χ2n) is 4.63. The summed E-state index contributed by atoms with van der Waals surface area (Å²) < 4.78 is 5.36. The molecule has 0 heterocycles. The molecule has 4 heteroatoms. The number of hydrogen-bond acceptors (Lipinski definition) is 3. The smallest absolute Gasteiger partial charge is 0.124 e. The number of hydrogen-bond donors (Lipinski definition) is 2. The largest absolute Gasteiger partial charge is 0.496 e. The Kier molecular flexibility index (Phi) is 3.92. The van der Waals surface area contributed by atoms with Gasteiger partial charge in [-0.15, -0.1) is 0 Å². The minimum Gasteiger partial charge on any atom is -0.496 e. The number of aryl methyl sites for hydroxylation is 1. The Bertz CT molecular complexity index is 405. The van der Waals surface area contributed by atoms with Gasteiger partial charge in [-0.1, -0.05) is 11.6 Å². The van der Waals surface area contributed by atoms with Gasteiger partial charge in [-0.2, -0.15) is 0 Å². The highest BCUT2D eigenvalue weighted by Crippen LogP contribution is 2.30. The Labute approximate surface area is 107 Å². The first kappa shape index (κ1) is 12.7. The normalized spacial score (nSPS) is 16.9. The summed E-state index contributed by atoms with van der Waals surface area (Å²) in [4.78, 5) is 0. The number of halogens is 1. The molecule has 1 aromatic rings. The fourth-order valence-corrected chi connectivity index (χ4v) is 2.00. The van der Waals surface area contributed by atoms with E-state index in [2.05, 4.69) is 5.32 Å². The first-order chi connectivity index (χ1) is 8.11. The van der Waals surface area contributed by atoms with E-state index in [9.17, 15) is 0 Å². The van der Waals surface area contributed by atoms with Crippen LogP contribution in [0.4, 0.5) is 0 Å². The Balaban J connectivity index is 2.13. The van der Waals surface area contributed by atoms with Crippen LogP contribution >= 0.6 is 11.6 Å². The Morgan fingerprint density at radius 2 is 2.24 bits per heavy atom. The molecule has 1 fully saturated rings. The van der Waals surface area contributed by atoms with E-state index in [1.54, 1.807) is 7.11 Å². The highest BCUT2D eigenvalue weighted by Gasteiger charge is 2.22. The van der Waals surface area contributed by atoms with Crippen LogP contribution < -0.4 is 15.8 Å². The lowest BCUT2D eigenvalue weighted by Crippen LogP contribution is -2.28. The number of ether oxygens (including phenoxy) is 1. The van der Waals surface area contributed by atoms with E-state index in [-0.39, 0.29) is 6.04 Å². The summed E-state index contributed by atoms with van der Waals surface area (Å²) in [5.74, 6) is 0.817. The summed E-state index contributed by atoms with van der Waals surface area (Å²) >= 11 is 6.13. The van der Waals surface area contributed by atoms with Crippen LogP contribution in [-0.2, 0) is 0 Å². The predicted octanol–water partition coefficient (Wildman–Crippen LogP) is 2.41. The molecular formula is C13H19ClN2O. The SMILES string of the molecule is COc1cc(C)c(Cl)cc1C(N)CNC1CC1. The van der Waals surface area contributed by atoms with Crippen LogP contribution in [0, 0.1) is 6.92 Å². The van der Waals surface area contributed by atoms with Crippen LogP contribution in [0.25, 0.3) is 0 Å². The van der Waals surface area contributed by atoms with Gasteiger partial charge in [0.15, 0.2) is 0 Å². The van der Waals surface area contributed by atoms with Crippen molar-refractivity contribution < 1.29 is 4.74 Å². The highest BCUT2D eigenvalue weighted by molar-refractivity contribution is 6.31. The third kappa shape index (κ3) is 3.12. The van der Waals surface area contributed by atoms with Gasteiger partial charge < -0.3 is 15.8 Å². The lowest BCUT2D eigenvalue weighted by Gasteiger charge is -2.17. The molecule has 1 aromatic carbocycles. The summed E-state index contributed by atoms with van der Waals surface area (Å²) in [6, 6.07) is 4.43. The van der Waals surface area contributed by atoms with Gasteiger partial charge in [0.2, 0.25) is 0 Å². The summed E-state index contributed by atoms with van der Waals surface area (Å²) in [7, 11) is 1.66. The molecule has 0 aliphatic heterocycles. The van der Waals surface area contributed by atoms with E-state index in [0.717, 1.165) is 28.4 Å². The zero-order chi connectivity index (χ0) is 12.4. The molecule has 1 aliphatic rings. The summed E-state index contributed by atoms with van der Waals surface area (Å²) in [6.45, 7) is 2.73. The molecule has 0 radical (unpaired) electrons. The van der Waals surface area contributed by atoms with Gasteiger partial charge in [0.1, 0.15) is 5.75 Å². The Morgan fingerprint density at radius 1 is 1.53 bits per heavy atom. The number of methoxy groups -OCH3 is 1. The van der Waals surface area contributed by atoms with E-state index in [1.165, 1.54) is 12.8 Å². The maximum atomic E-state index is 6.17. The minimum absolute atomic E-state index is 0.0800. The standard InChI is InChI=1S/C13H19ClN2O/c1-8-5-13(17-2)10(6-11(8)14)12(15)7-16-9-3-4-9/h5-6,9,12,16H,3-4,7,15H2,1-2H3. The highest BCUT2D eigenvalue weighted by atomic mass is 35.5. The van der Waals surface area contributed by atoms with Crippen LogP contribution in [0.1, 0.15) is 30.0 Å². The molecule has 3 N–H and O–H groups in total. The Morgan fingerprint density at radius 3 is 2.82 bits per heavy atom. The summed E-state index contributed by atoms with van der Waals surface area (Å²) in [5, 5.41) is 4.16. The average Bonchev–Trinajstić information content (AvgIpc) is 3.13. The predicted molar refractivity (Wildman–Crippen MR) is 70.7 cm³/mol. The molecule has 0 bridgehead atoms. The molecule has 2 rings (SSSR count). The van der Waals surface area contributed by atoms with E-state index >= 15 is 0 Å². The molecule has 0 aromatic heterocycles. The van der Waals surface area contributed by atoms with Crippen molar-refractivity contribution >= 4 is 11.6 Å². The van der Waals surface area contributed by atoms with E-state index < -0.39 is 0 Å². The summed E-state index contributed by atoms with van der Waals surface area (Å²) in [5.41, 5.74) is 8.14. The third-order valence-electron chi connectivity index (χ3n) is 3.11. The van der Waals surface area contributed by atoms with Gasteiger partial charge in [0, 0.05) is 29.2 Å². The van der Waals surface area contributed by atoms with E-state index in [0.29, 0.717) is 6.04 Å². The molecule has 17 heavy (non-hydrogen) atoms. The zero-order valence-corrected chi connectivity index (χ0v) is 11.1. The molecule has 0 saturated heterocycles. The first-order valence-electron chi connectivity index (χ1n) is 5.95. The third-order valence-corrected chi connectivity index (χ3v) is 3.52. The molecule has 1 unspecified atom stereocenters. The fraction of sp³-hybridized carbons (Fsp3) is 0.538.